The Bertz CT molecular complexity index is 269. The van der Waals surface area contributed by atoms with Crippen LogP contribution < -0.4 is 0 Å². The Morgan fingerprint density at radius 3 is 1.62 bits per heavy atom. The third-order valence-electron chi connectivity index (χ3n) is 4.95. The number of ketones is 1. The van der Waals surface area contributed by atoms with Crippen molar-refractivity contribution in [3.05, 3.63) is 12.7 Å². The maximum atomic E-state index is 11.8. The molecule has 0 rings (SSSR count). The standard InChI is InChI=1S/C20H38O/c1-5-8-9-10-11-12-13-14-15-16-17-18-20(6-2,7-3)19(4)21/h6H,2,5,7-18H2,1,3-4H3. The van der Waals surface area contributed by atoms with Crippen molar-refractivity contribution >= 4 is 5.78 Å². The predicted molar refractivity (Wildman–Crippen MR) is 94.7 cm³/mol. The van der Waals surface area contributed by atoms with Gasteiger partial charge >= 0.3 is 0 Å². The summed E-state index contributed by atoms with van der Waals surface area (Å²) in [5.41, 5.74) is -0.251. The minimum absolute atomic E-state index is 0.251. The van der Waals surface area contributed by atoms with Gasteiger partial charge in [0, 0.05) is 5.41 Å². The van der Waals surface area contributed by atoms with Crippen LogP contribution in [0.5, 0.6) is 0 Å². The highest BCUT2D eigenvalue weighted by Gasteiger charge is 2.28. The molecule has 1 heteroatoms. The highest BCUT2D eigenvalue weighted by molar-refractivity contribution is 5.84. The van der Waals surface area contributed by atoms with Crippen LogP contribution in [0, 0.1) is 5.41 Å². The van der Waals surface area contributed by atoms with Crippen LogP contribution in [0.1, 0.15) is 104 Å². The van der Waals surface area contributed by atoms with Crippen molar-refractivity contribution in [2.75, 3.05) is 0 Å². The number of allylic oxidation sites excluding steroid dienone is 1. The normalized spacial score (nSPS) is 13.9. The molecule has 0 aliphatic carbocycles. The van der Waals surface area contributed by atoms with Crippen molar-refractivity contribution in [3.8, 4) is 0 Å². The minimum atomic E-state index is -0.251. The molecule has 0 aromatic heterocycles. The Balaban J connectivity index is 3.51. The molecule has 1 unspecified atom stereocenters. The smallest absolute Gasteiger partial charge is 0.139 e. The van der Waals surface area contributed by atoms with Crippen molar-refractivity contribution in [2.24, 2.45) is 5.41 Å². The van der Waals surface area contributed by atoms with Gasteiger partial charge in [-0.15, -0.1) is 6.58 Å². The van der Waals surface area contributed by atoms with Crippen LogP contribution in [0.25, 0.3) is 0 Å². The Labute approximate surface area is 133 Å². The van der Waals surface area contributed by atoms with E-state index in [0.717, 1.165) is 19.3 Å². The van der Waals surface area contributed by atoms with E-state index >= 15 is 0 Å². The first-order chi connectivity index (χ1) is 10.1. The molecular weight excluding hydrogens is 256 g/mol. The maximum Gasteiger partial charge on any atom is 0.139 e. The molecule has 0 saturated carbocycles. The molecule has 124 valence electrons. The third-order valence-corrected chi connectivity index (χ3v) is 4.95. The van der Waals surface area contributed by atoms with Gasteiger partial charge in [0.05, 0.1) is 0 Å². The fraction of sp³-hybridized carbons (Fsp3) is 0.850. The molecule has 0 amide bonds. The monoisotopic (exact) mass is 294 g/mol. The predicted octanol–water partition coefficient (Wildman–Crippen LogP) is 6.86. The van der Waals surface area contributed by atoms with Gasteiger partial charge in [0.25, 0.3) is 0 Å². The number of unbranched alkanes of at least 4 members (excludes halogenated alkanes) is 10. The molecule has 0 bridgehead atoms. The first-order valence-corrected chi connectivity index (χ1v) is 9.27. The van der Waals surface area contributed by atoms with E-state index in [0.29, 0.717) is 0 Å². The van der Waals surface area contributed by atoms with E-state index < -0.39 is 0 Å². The van der Waals surface area contributed by atoms with Crippen molar-refractivity contribution in [3.63, 3.8) is 0 Å². The highest BCUT2D eigenvalue weighted by atomic mass is 16.1. The van der Waals surface area contributed by atoms with Crippen LogP contribution in [0.3, 0.4) is 0 Å². The quantitative estimate of drug-likeness (QED) is 0.238. The number of carbonyl (C=O) groups excluding carboxylic acids is 1. The Morgan fingerprint density at radius 1 is 0.857 bits per heavy atom. The Hall–Kier alpha value is -0.590. The lowest BCUT2D eigenvalue weighted by Gasteiger charge is -2.26. The summed E-state index contributed by atoms with van der Waals surface area (Å²) in [5.74, 6) is 0.284. The van der Waals surface area contributed by atoms with Gasteiger partial charge in [-0.05, 0) is 19.8 Å². The van der Waals surface area contributed by atoms with Crippen LogP contribution in [0.4, 0.5) is 0 Å². The molecule has 0 saturated heterocycles. The van der Waals surface area contributed by atoms with Gasteiger partial charge in [-0.1, -0.05) is 90.6 Å². The second-order valence-electron chi connectivity index (χ2n) is 6.56. The van der Waals surface area contributed by atoms with Gasteiger partial charge in [-0.2, -0.15) is 0 Å². The summed E-state index contributed by atoms with van der Waals surface area (Å²) in [5, 5.41) is 0. The molecule has 0 radical (unpaired) electrons. The minimum Gasteiger partial charge on any atom is -0.299 e. The van der Waals surface area contributed by atoms with E-state index in [9.17, 15) is 4.79 Å². The molecule has 0 aliphatic heterocycles. The number of carbonyl (C=O) groups is 1. The highest BCUT2D eigenvalue weighted by Crippen LogP contribution is 2.31. The van der Waals surface area contributed by atoms with Gasteiger partial charge in [0.2, 0.25) is 0 Å². The van der Waals surface area contributed by atoms with E-state index in [1.807, 2.05) is 6.08 Å². The van der Waals surface area contributed by atoms with E-state index in [1.54, 1.807) is 6.92 Å². The summed E-state index contributed by atoms with van der Waals surface area (Å²) >= 11 is 0. The van der Waals surface area contributed by atoms with Gasteiger partial charge < -0.3 is 0 Å². The van der Waals surface area contributed by atoms with E-state index in [1.165, 1.54) is 64.2 Å². The van der Waals surface area contributed by atoms with Gasteiger partial charge in [-0.25, -0.2) is 0 Å². The largest absolute Gasteiger partial charge is 0.299 e. The summed E-state index contributed by atoms with van der Waals surface area (Å²) in [4.78, 5) is 11.8. The van der Waals surface area contributed by atoms with E-state index in [4.69, 9.17) is 0 Å². The zero-order valence-corrected chi connectivity index (χ0v) is 14.9. The first-order valence-electron chi connectivity index (χ1n) is 9.27. The second-order valence-corrected chi connectivity index (χ2v) is 6.56. The van der Waals surface area contributed by atoms with Crippen molar-refractivity contribution in [1.29, 1.82) is 0 Å². The van der Waals surface area contributed by atoms with Gasteiger partial charge in [-0.3, -0.25) is 4.79 Å². The summed E-state index contributed by atoms with van der Waals surface area (Å²) in [6.45, 7) is 9.95. The average Bonchev–Trinajstić information content (AvgIpc) is 2.49. The van der Waals surface area contributed by atoms with Crippen LogP contribution in [0.2, 0.25) is 0 Å². The van der Waals surface area contributed by atoms with Crippen LogP contribution in [0.15, 0.2) is 12.7 Å². The van der Waals surface area contributed by atoms with E-state index in [2.05, 4.69) is 20.4 Å². The molecule has 1 atom stereocenters. The number of Topliss-reactive ketones (excluding diaryl/α,β-unsaturated/α-hetero) is 1. The Morgan fingerprint density at radius 2 is 1.29 bits per heavy atom. The lowest BCUT2D eigenvalue weighted by molar-refractivity contribution is -0.124. The zero-order valence-electron chi connectivity index (χ0n) is 14.9. The lowest BCUT2D eigenvalue weighted by atomic mass is 9.77. The lowest BCUT2D eigenvalue weighted by Crippen LogP contribution is -2.25. The fourth-order valence-electron chi connectivity index (χ4n) is 3.10. The van der Waals surface area contributed by atoms with Crippen LogP contribution in [-0.4, -0.2) is 5.78 Å². The molecule has 21 heavy (non-hydrogen) atoms. The molecule has 0 aliphatic rings. The van der Waals surface area contributed by atoms with Crippen molar-refractivity contribution in [1.82, 2.24) is 0 Å². The van der Waals surface area contributed by atoms with Gasteiger partial charge in [0.1, 0.15) is 5.78 Å². The first kappa shape index (κ1) is 20.4. The molecular formula is C20H38O. The fourth-order valence-corrected chi connectivity index (χ4v) is 3.10. The van der Waals surface area contributed by atoms with E-state index in [-0.39, 0.29) is 11.2 Å². The molecule has 0 heterocycles. The molecule has 0 aromatic carbocycles. The summed E-state index contributed by atoms with van der Waals surface area (Å²) < 4.78 is 0. The summed E-state index contributed by atoms with van der Waals surface area (Å²) in [6, 6.07) is 0. The second kappa shape index (κ2) is 13.1. The topological polar surface area (TPSA) is 17.1 Å². The SMILES string of the molecule is C=CC(CC)(CCCCCCCCCCCCC)C(C)=O. The summed E-state index contributed by atoms with van der Waals surface area (Å²) in [6.07, 6.45) is 18.7. The zero-order chi connectivity index (χ0) is 16.0. The van der Waals surface area contributed by atoms with Gasteiger partial charge in [0.15, 0.2) is 0 Å². The molecule has 0 spiro atoms. The van der Waals surface area contributed by atoms with Crippen molar-refractivity contribution in [2.45, 2.75) is 104 Å². The Kier molecular flexibility index (Phi) is 12.7. The average molecular weight is 295 g/mol. The third kappa shape index (κ3) is 9.11. The molecule has 0 N–H and O–H groups in total. The molecule has 1 nitrogen and oxygen atoms in total. The maximum absolute atomic E-state index is 11.8. The number of hydrogen-bond donors (Lipinski definition) is 0. The molecule has 0 aromatic rings. The number of rotatable bonds is 15. The van der Waals surface area contributed by atoms with Crippen LogP contribution in [-0.2, 0) is 4.79 Å². The number of hydrogen-bond acceptors (Lipinski definition) is 1. The molecule has 0 fully saturated rings. The summed E-state index contributed by atoms with van der Waals surface area (Å²) in [7, 11) is 0. The van der Waals surface area contributed by atoms with Crippen LogP contribution >= 0.6 is 0 Å². The van der Waals surface area contributed by atoms with Crippen molar-refractivity contribution < 1.29 is 4.79 Å².